The maximum atomic E-state index is 4.83. The quantitative estimate of drug-likeness (QED) is 0.789. The fourth-order valence-corrected chi connectivity index (χ4v) is 3.15. The fraction of sp³-hybridized carbons (Fsp3) is 0.526. The van der Waals surface area contributed by atoms with Gasteiger partial charge in [0.15, 0.2) is 5.82 Å². The highest BCUT2D eigenvalue weighted by Gasteiger charge is 2.23. The predicted octanol–water partition coefficient (Wildman–Crippen LogP) is 3.51. The van der Waals surface area contributed by atoms with Crippen molar-refractivity contribution in [3.8, 4) is 11.5 Å². The number of piperidine rings is 1. The second-order valence-corrected chi connectivity index (χ2v) is 6.87. The van der Waals surface area contributed by atoms with Gasteiger partial charge in [-0.2, -0.15) is 0 Å². The van der Waals surface area contributed by atoms with E-state index in [1.54, 1.807) is 6.20 Å². The lowest BCUT2D eigenvalue weighted by molar-refractivity contribution is 0.209. The van der Waals surface area contributed by atoms with Gasteiger partial charge in [-0.3, -0.25) is 4.98 Å². The molecule has 0 amide bonds. The molecule has 0 aromatic carbocycles. The van der Waals surface area contributed by atoms with Crippen LogP contribution in [0, 0.1) is 0 Å². The number of hydrogen-bond donors (Lipinski definition) is 0. The van der Waals surface area contributed by atoms with Gasteiger partial charge in [-0.05, 0) is 65.4 Å². The van der Waals surface area contributed by atoms with Crippen molar-refractivity contribution in [3.63, 3.8) is 0 Å². The monoisotopic (exact) mass is 325 g/mol. The van der Waals surface area contributed by atoms with Crippen molar-refractivity contribution in [2.45, 2.75) is 45.6 Å². The molecule has 0 aliphatic carbocycles. The van der Waals surface area contributed by atoms with E-state index < -0.39 is 0 Å². The van der Waals surface area contributed by atoms with E-state index in [0.717, 1.165) is 56.1 Å². The van der Waals surface area contributed by atoms with Gasteiger partial charge in [-0.25, -0.2) is 9.67 Å². The molecule has 1 saturated heterocycles. The minimum Gasteiger partial charge on any atom is -0.306 e. The van der Waals surface area contributed by atoms with Crippen LogP contribution in [0.1, 0.15) is 45.0 Å². The van der Waals surface area contributed by atoms with E-state index in [1.807, 2.05) is 18.2 Å². The zero-order valence-corrected chi connectivity index (χ0v) is 14.9. The van der Waals surface area contributed by atoms with Crippen LogP contribution in [0.2, 0.25) is 0 Å². The molecule has 1 fully saturated rings. The Bertz CT molecular complexity index is 677. The molecular weight excluding hydrogens is 298 g/mol. The molecule has 2 aromatic rings. The number of pyridine rings is 1. The van der Waals surface area contributed by atoms with Crippen molar-refractivity contribution >= 4 is 0 Å². The van der Waals surface area contributed by atoms with Gasteiger partial charge in [0.1, 0.15) is 11.5 Å². The second kappa shape index (κ2) is 7.71. The first kappa shape index (κ1) is 16.8. The number of nitrogens with zero attached hydrogens (tertiary/aromatic N) is 5. The molecule has 128 valence electrons. The van der Waals surface area contributed by atoms with E-state index in [-0.39, 0.29) is 0 Å². The average molecular weight is 325 g/mol. The molecule has 1 aliphatic rings. The molecule has 0 bridgehead atoms. The van der Waals surface area contributed by atoms with Crippen LogP contribution in [0.3, 0.4) is 0 Å². The van der Waals surface area contributed by atoms with Gasteiger partial charge < -0.3 is 4.90 Å². The summed E-state index contributed by atoms with van der Waals surface area (Å²) in [4.78, 5) is 11.6. The van der Waals surface area contributed by atoms with Crippen LogP contribution in [-0.2, 0) is 6.42 Å². The first-order chi connectivity index (χ1) is 11.6. The lowest BCUT2D eigenvalue weighted by atomic mass is 10.1. The number of aryl methyl sites for hydroxylation is 1. The van der Waals surface area contributed by atoms with Crippen LogP contribution in [0.15, 0.2) is 36.0 Å². The summed E-state index contributed by atoms with van der Waals surface area (Å²) in [6.45, 7) is 6.52. The third-order valence-electron chi connectivity index (χ3n) is 4.55. The van der Waals surface area contributed by atoms with Crippen molar-refractivity contribution in [2.75, 3.05) is 20.1 Å². The lowest BCUT2D eigenvalue weighted by Gasteiger charge is -2.29. The zero-order chi connectivity index (χ0) is 16.9. The first-order valence-corrected chi connectivity index (χ1v) is 8.82. The topological polar surface area (TPSA) is 46.8 Å². The van der Waals surface area contributed by atoms with Gasteiger partial charge in [0.2, 0.25) is 0 Å². The van der Waals surface area contributed by atoms with Gasteiger partial charge >= 0.3 is 0 Å². The molecule has 3 rings (SSSR count). The number of likely N-dealkylation sites (tertiary alicyclic amines) is 1. The summed E-state index contributed by atoms with van der Waals surface area (Å²) in [5.41, 5.74) is 2.21. The summed E-state index contributed by atoms with van der Waals surface area (Å²) in [6.07, 6.45) is 8.28. The Morgan fingerprint density at radius 1 is 1.25 bits per heavy atom. The highest BCUT2D eigenvalue weighted by Crippen LogP contribution is 2.25. The summed E-state index contributed by atoms with van der Waals surface area (Å²) >= 11 is 0. The third-order valence-corrected chi connectivity index (χ3v) is 4.55. The minimum absolute atomic E-state index is 0.452. The van der Waals surface area contributed by atoms with Crippen molar-refractivity contribution < 1.29 is 0 Å². The van der Waals surface area contributed by atoms with Crippen LogP contribution in [-0.4, -0.2) is 44.8 Å². The molecule has 1 aliphatic heterocycles. The number of rotatable bonds is 5. The van der Waals surface area contributed by atoms with Crippen molar-refractivity contribution in [1.82, 2.24) is 24.6 Å². The summed E-state index contributed by atoms with van der Waals surface area (Å²) in [7, 11) is 2.19. The smallest absolute Gasteiger partial charge is 0.200 e. The van der Waals surface area contributed by atoms with Crippen LogP contribution >= 0.6 is 0 Å². The Hall–Kier alpha value is -2.01. The van der Waals surface area contributed by atoms with E-state index in [1.165, 1.54) is 5.57 Å². The van der Waals surface area contributed by atoms with Gasteiger partial charge in [-0.1, -0.05) is 17.7 Å². The number of hydrogen-bond acceptors (Lipinski definition) is 4. The maximum Gasteiger partial charge on any atom is 0.200 e. The molecule has 24 heavy (non-hydrogen) atoms. The highest BCUT2D eigenvalue weighted by molar-refractivity contribution is 5.47. The summed E-state index contributed by atoms with van der Waals surface area (Å²) in [6, 6.07) is 6.34. The normalized spacial score (nSPS) is 16.3. The number of aromatic nitrogens is 4. The molecule has 2 aromatic heterocycles. The minimum atomic E-state index is 0.452. The van der Waals surface area contributed by atoms with Crippen LogP contribution in [0.4, 0.5) is 0 Å². The molecule has 5 heteroatoms. The maximum absolute atomic E-state index is 4.83. The van der Waals surface area contributed by atoms with Crippen LogP contribution < -0.4 is 0 Å². The van der Waals surface area contributed by atoms with E-state index in [4.69, 9.17) is 10.1 Å². The Labute approximate surface area is 144 Å². The molecule has 0 spiro atoms. The predicted molar refractivity (Wildman–Crippen MR) is 96.8 cm³/mol. The van der Waals surface area contributed by atoms with Crippen molar-refractivity contribution in [1.29, 1.82) is 0 Å². The van der Waals surface area contributed by atoms with Crippen LogP contribution in [0.5, 0.6) is 0 Å². The first-order valence-electron chi connectivity index (χ1n) is 8.82. The zero-order valence-electron chi connectivity index (χ0n) is 14.9. The molecule has 0 atom stereocenters. The Morgan fingerprint density at radius 2 is 2.04 bits per heavy atom. The molecule has 0 radical (unpaired) electrons. The molecule has 3 heterocycles. The third kappa shape index (κ3) is 4.09. The Kier molecular flexibility index (Phi) is 5.41. The summed E-state index contributed by atoms with van der Waals surface area (Å²) in [5.74, 6) is 1.84. The second-order valence-electron chi connectivity index (χ2n) is 6.87. The molecule has 0 saturated carbocycles. The number of allylic oxidation sites excluding steroid dienone is 2. The van der Waals surface area contributed by atoms with Gasteiger partial charge in [0.05, 0.1) is 6.04 Å². The SMILES string of the molecule is CC(C)=CCCc1nc(-c2ccccn2)nn1C1CCN(C)CC1. The summed E-state index contributed by atoms with van der Waals surface area (Å²) in [5, 5.41) is 4.83. The van der Waals surface area contributed by atoms with Crippen molar-refractivity contribution in [3.05, 3.63) is 41.9 Å². The Morgan fingerprint density at radius 3 is 2.71 bits per heavy atom. The van der Waals surface area contributed by atoms with Crippen molar-refractivity contribution in [2.24, 2.45) is 0 Å². The molecular formula is C19H27N5. The lowest BCUT2D eigenvalue weighted by Crippen LogP contribution is -2.32. The average Bonchev–Trinajstić information content (AvgIpc) is 3.00. The summed E-state index contributed by atoms with van der Waals surface area (Å²) < 4.78 is 2.18. The van der Waals surface area contributed by atoms with E-state index >= 15 is 0 Å². The molecule has 0 N–H and O–H groups in total. The standard InChI is InChI=1S/C19H27N5/c1-15(2)7-6-9-18-21-19(17-8-4-5-12-20-17)22-24(18)16-10-13-23(3)14-11-16/h4-5,7-8,12,16H,6,9-11,13-14H2,1-3H3. The Balaban J connectivity index is 1.86. The van der Waals surface area contributed by atoms with Crippen LogP contribution in [0.25, 0.3) is 11.5 Å². The van der Waals surface area contributed by atoms with E-state index in [9.17, 15) is 0 Å². The fourth-order valence-electron chi connectivity index (χ4n) is 3.15. The van der Waals surface area contributed by atoms with E-state index in [2.05, 4.69) is 41.5 Å². The van der Waals surface area contributed by atoms with E-state index in [0.29, 0.717) is 6.04 Å². The van der Waals surface area contributed by atoms with Gasteiger partial charge in [-0.15, -0.1) is 5.10 Å². The molecule has 0 unspecified atom stereocenters. The molecule has 5 nitrogen and oxygen atoms in total. The largest absolute Gasteiger partial charge is 0.306 e. The van der Waals surface area contributed by atoms with Gasteiger partial charge in [0.25, 0.3) is 0 Å². The van der Waals surface area contributed by atoms with Gasteiger partial charge in [0, 0.05) is 12.6 Å². The highest BCUT2D eigenvalue weighted by atomic mass is 15.4.